The zero-order chi connectivity index (χ0) is 22.0. The van der Waals surface area contributed by atoms with E-state index in [1.54, 1.807) is 4.90 Å². The number of hydrogen-bond acceptors (Lipinski definition) is 6. The number of nitrogens with zero attached hydrogens (tertiary/aromatic N) is 1. The average Bonchev–Trinajstić information content (AvgIpc) is 2.68. The summed E-state index contributed by atoms with van der Waals surface area (Å²) < 4.78 is 29.0. The molecule has 0 bridgehead atoms. The lowest BCUT2D eigenvalue weighted by molar-refractivity contribution is -0.114. The molecule has 156 valence electrons. The highest BCUT2D eigenvalue weighted by atomic mass is 19.1. The van der Waals surface area contributed by atoms with Gasteiger partial charge in [-0.2, -0.15) is 0 Å². The Bertz CT molecular complexity index is 1050. The molecule has 0 saturated carbocycles. The molecule has 1 aliphatic heterocycles. The normalized spacial score (nSPS) is 13.4. The molecule has 1 saturated heterocycles. The highest BCUT2D eigenvalue weighted by Gasteiger charge is 2.29. The van der Waals surface area contributed by atoms with E-state index in [2.05, 4.69) is 10.6 Å². The SMILES string of the molecule is CNc1cc(F)c(C(=O)Nc2ccc(N)c(C(=N)N3CC(C=O)C3)c2)c(F)c1C=N. The Kier molecular flexibility index (Phi) is 5.77. The highest BCUT2D eigenvalue weighted by molar-refractivity contribution is 6.08. The predicted octanol–water partition coefficient (Wildman–Crippen LogP) is 2.29. The second-order valence-corrected chi connectivity index (χ2v) is 6.81. The van der Waals surface area contributed by atoms with Gasteiger partial charge in [0.15, 0.2) is 0 Å². The van der Waals surface area contributed by atoms with Gasteiger partial charge in [0.1, 0.15) is 29.3 Å². The molecule has 2 aromatic rings. The fourth-order valence-corrected chi connectivity index (χ4v) is 3.17. The maximum Gasteiger partial charge on any atom is 0.261 e. The first-order valence-electron chi connectivity index (χ1n) is 9.01. The quantitative estimate of drug-likeness (QED) is 0.214. The summed E-state index contributed by atoms with van der Waals surface area (Å²) >= 11 is 0. The third-order valence-corrected chi connectivity index (χ3v) is 4.88. The van der Waals surface area contributed by atoms with Gasteiger partial charge >= 0.3 is 0 Å². The van der Waals surface area contributed by atoms with E-state index in [4.69, 9.17) is 16.6 Å². The van der Waals surface area contributed by atoms with E-state index in [9.17, 15) is 18.4 Å². The van der Waals surface area contributed by atoms with E-state index in [1.165, 1.54) is 25.2 Å². The number of nitrogens with one attached hydrogen (secondary N) is 4. The van der Waals surface area contributed by atoms with Crippen molar-refractivity contribution < 1.29 is 18.4 Å². The largest absolute Gasteiger partial charge is 0.398 e. The number of anilines is 3. The van der Waals surface area contributed by atoms with E-state index in [1.807, 2.05) is 0 Å². The Morgan fingerprint density at radius 3 is 2.60 bits per heavy atom. The summed E-state index contributed by atoms with van der Waals surface area (Å²) in [7, 11) is 1.45. The van der Waals surface area contributed by atoms with Gasteiger partial charge in [-0.25, -0.2) is 8.78 Å². The summed E-state index contributed by atoms with van der Waals surface area (Å²) in [5.41, 5.74) is 5.71. The molecule has 6 N–H and O–H groups in total. The molecule has 10 heteroatoms. The Hall–Kier alpha value is -3.82. The topological polar surface area (TPSA) is 135 Å². The molecule has 1 heterocycles. The first-order chi connectivity index (χ1) is 14.3. The van der Waals surface area contributed by atoms with Crippen LogP contribution in [0, 0.1) is 28.4 Å². The molecule has 2 aromatic carbocycles. The Labute approximate surface area is 171 Å². The van der Waals surface area contributed by atoms with Crippen molar-refractivity contribution in [3.05, 3.63) is 52.6 Å². The van der Waals surface area contributed by atoms with Crippen molar-refractivity contribution in [3.8, 4) is 0 Å². The van der Waals surface area contributed by atoms with Crippen molar-refractivity contribution in [3.63, 3.8) is 0 Å². The van der Waals surface area contributed by atoms with Gasteiger partial charge in [0.2, 0.25) is 0 Å². The van der Waals surface area contributed by atoms with Crippen LogP contribution in [0.5, 0.6) is 0 Å². The Morgan fingerprint density at radius 1 is 1.30 bits per heavy atom. The molecule has 0 unspecified atom stereocenters. The zero-order valence-corrected chi connectivity index (χ0v) is 16.1. The van der Waals surface area contributed by atoms with Gasteiger partial charge in [-0.05, 0) is 24.3 Å². The number of halogens is 2. The number of amidine groups is 1. The first-order valence-corrected chi connectivity index (χ1v) is 9.01. The molecule has 0 aromatic heterocycles. The molecule has 3 rings (SSSR count). The van der Waals surface area contributed by atoms with Gasteiger partial charge in [-0.3, -0.25) is 10.2 Å². The predicted molar refractivity (Wildman–Crippen MR) is 111 cm³/mol. The molecule has 1 fully saturated rings. The van der Waals surface area contributed by atoms with Crippen LogP contribution in [-0.2, 0) is 4.79 Å². The summed E-state index contributed by atoms with van der Waals surface area (Å²) in [5.74, 6) is -3.32. The number of benzene rings is 2. The van der Waals surface area contributed by atoms with Crippen molar-refractivity contribution in [1.29, 1.82) is 10.8 Å². The van der Waals surface area contributed by atoms with Crippen LogP contribution in [0.4, 0.5) is 25.8 Å². The molecule has 30 heavy (non-hydrogen) atoms. The average molecular weight is 414 g/mol. The van der Waals surface area contributed by atoms with Crippen molar-refractivity contribution in [2.75, 3.05) is 36.5 Å². The number of aldehydes is 1. The van der Waals surface area contributed by atoms with Gasteiger partial charge < -0.3 is 31.5 Å². The fraction of sp³-hybridized carbons (Fsp3) is 0.200. The van der Waals surface area contributed by atoms with Crippen molar-refractivity contribution in [2.45, 2.75) is 0 Å². The number of rotatable bonds is 6. The molecular formula is C20H20F2N6O2. The minimum Gasteiger partial charge on any atom is -0.398 e. The zero-order valence-electron chi connectivity index (χ0n) is 16.1. The molecule has 0 radical (unpaired) electrons. The van der Waals surface area contributed by atoms with Crippen LogP contribution in [0.2, 0.25) is 0 Å². The number of likely N-dealkylation sites (tertiary alicyclic amines) is 1. The molecule has 1 aliphatic rings. The molecule has 1 amide bonds. The lowest BCUT2D eigenvalue weighted by Crippen LogP contribution is -2.50. The summed E-state index contributed by atoms with van der Waals surface area (Å²) in [4.78, 5) is 25.0. The number of nitrogens with two attached hydrogens (primary N) is 1. The summed E-state index contributed by atoms with van der Waals surface area (Å²) in [5, 5.41) is 20.6. The summed E-state index contributed by atoms with van der Waals surface area (Å²) in [6, 6.07) is 5.29. The molecule has 0 spiro atoms. The van der Waals surface area contributed by atoms with Crippen molar-refractivity contribution >= 4 is 41.3 Å². The van der Waals surface area contributed by atoms with Crippen LogP contribution in [0.1, 0.15) is 21.5 Å². The van der Waals surface area contributed by atoms with Gasteiger partial charge in [0.25, 0.3) is 5.91 Å². The standard InChI is InChI=1S/C20H20F2N6O2/c1-26-16-5-14(21)17(18(22)13(16)6-23)20(30)27-11-2-3-15(24)12(4-11)19(25)28-7-10(8-28)9-29/h2-6,9-10,23,25-26H,7-8,24H2,1H3,(H,27,30). The highest BCUT2D eigenvalue weighted by Crippen LogP contribution is 2.27. The third kappa shape index (κ3) is 3.71. The van der Waals surface area contributed by atoms with Crippen molar-refractivity contribution in [1.82, 2.24) is 4.90 Å². The lowest BCUT2D eigenvalue weighted by Gasteiger charge is -2.38. The second-order valence-electron chi connectivity index (χ2n) is 6.81. The maximum absolute atomic E-state index is 14.7. The van der Waals surface area contributed by atoms with Crippen LogP contribution >= 0.6 is 0 Å². The van der Waals surface area contributed by atoms with E-state index in [-0.39, 0.29) is 34.4 Å². The van der Waals surface area contributed by atoms with Gasteiger partial charge in [0, 0.05) is 54.9 Å². The minimum absolute atomic E-state index is 0.0444. The van der Waals surface area contributed by atoms with Crippen LogP contribution in [-0.4, -0.2) is 49.3 Å². The first kappa shape index (κ1) is 20.9. The number of nitrogen functional groups attached to an aromatic ring is 1. The third-order valence-electron chi connectivity index (χ3n) is 4.88. The Morgan fingerprint density at radius 2 is 2.00 bits per heavy atom. The molecule has 0 aliphatic carbocycles. The smallest absolute Gasteiger partial charge is 0.261 e. The summed E-state index contributed by atoms with van der Waals surface area (Å²) in [6.45, 7) is 0.804. The van der Waals surface area contributed by atoms with Crippen LogP contribution < -0.4 is 16.4 Å². The van der Waals surface area contributed by atoms with Gasteiger partial charge in [-0.1, -0.05) is 0 Å². The van der Waals surface area contributed by atoms with Crippen LogP contribution in [0.25, 0.3) is 0 Å². The number of amides is 1. The van der Waals surface area contributed by atoms with E-state index in [0.29, 0.717) is 24.9 Å². The van der Waals surface area contributed by atoms with E-state index in [0.717, 1.165) is 12.4 Å². The fourth-order valence-electron chi connectivity index (χ4n) is 3.17. The van der Waals surface area contributed by atoms with E-state index < -0.39 is 23.1 Å². The molecule has 8 nitrogen and oxygen atoms in total. The molecule has 0 atom stereocenters. The van der Waals surface area contributed by atoms with Crippen LogP contribution in [0.15, 0.2) is 24.3 Å². The van der Waals surface area contributed by atoms with E-state index >= 15 is 0 Å². The monoisotopic (exact) mass is 414 g/mol. The Balaban J connectivity index is 1.87. The number of carbonyl (C=O) groups is 2. The second kappa shape index (κ2) is 8.27. The van der Waals surface area contributed by atoms with Gasteiger partial charge in [-0.15, -0.1) is 0 Å². The summed E-state index contributed by atoms with van der Waals surface area (Å²) in [6.07, 6.45) is 1.52. The maximum atomic E-state index is 14.7. The number of hydrogen-bond donors (Lipinski definition) is 5. The minimum atomic E-state index is -1.16. The van der Waals surface area contributed by atoms with Gasteiger partial charge in [0.05, 0.1) is 5.56 Å². The van der Waals surface area contributed by atoms with Crippen molar-refractivity contribution in [2.24, 2.45) is 5.92 Å². The number of carbonyl (C=O) groups excluding carboxylic acids is 2. The lowest BCUT2D eigenvalue weighted by atomic mass is 9.99. The van der Waals surface area contributed by atoms with Crippen LogP contribution in [0.3, 0.4) is 0 Å². The molecular weight excluding hydrogens is 394 g/mol.